The molecule has 3 atom stereocenters. The zero-order valence-electron chi connectivity index (χ0n) is 19.5. The van der Waals surface area contributed by atoms with Gasteiger partial charge < -0.3 is 20.5 Å². The molecule has 3 aromatic rings. The van der Waals surface area contributed by atoms with E-state index in [1.165, 1.54) is 5.56 Å². The van der Waals surface area contributed by atoms with Crippen LogP contribution in [0.2, 0.25) is 0 Å². The third kappa shape index (κ3) is 6.94. The van der Waals surface area contributed by atoms with Gasteiger partial charge in [0.05, 0.1) is 6.10 Å². The highest BCUT2D eigenvalue weighted by molar-refractivity contribution is 7.19. The van der Waals surface area contributed by atoms with Crippen LogP contribution < -0.4 is 9.99 Å². The van der Waals surface area contributed by atoms with Crippen LogP contribution in [0.5, 0.6) is 0 Å². The monoisotopic (exact) mass is 494 g/mol. The lowest BCUT2D eigenvalue weighted by Gasteiger charge is -2.22. The molecule has 0 radical (unpaired) electrons. The number of benzene rings is 3. The Balaban J connectivity index is 1.54. The van der Waals surface area contributed by atoms with E-state index in [0.29, 0.717) is 24.4 Å². The highest BCUT2D eigenvalue weighted by Gasteiger charge is 2.13. The molecule has 2 unspecified atom stereocenters. The van der Waals surface area contributed by atoms with Crippen molar-refractivity contribution >= 4 is 48.0 Å². The molecular formula is C26H32N4O2P2. The third-order valence-electron chi connectivity index (χ3n) is 5.75. The number of carbonyl (C=O) groups excluding carboxylic acids is 1. The van der Waals surface area contributed by atoms with E-state index >= 15 is 0 Å². The van der Waals surface area contributed by atoms with Gasteiger partial charge in [-0.2, -0.15) is 0 Å². The SMILES string of the molecule is CC(=N)c1ccc(N(P)c2ccc(CCN(P)C[C@H](O)c3ccc(C)c(NC=O)c3)cc2)cc1. The number of aryl methyl sites for hydroxylation is 1. The van der Waals surface area contributed by atoms with Crippen LogP contribution in [0.1, 0.15) is 35.3 Å². The fourth-order valence-corrected chi connectivity index (χ4v) is 4.27. The van der Waals surface area contributed by atoms with Crippen molar-refractivity contribution in [2.45, 2.75) is 26.4 Å². The summed E-state index contributed by atoms with van der Waals surface area (Å²) in [5.74, 6) is 0. The maximum atomic E-state index is 10.8. The summed E-state index contributed by atoms with van der Waals surface area (Å²) in [5, 5.41) is 21.0. The van der Waals surface area contributed by atoms with Crippen LogP contribution in [0.25, 0.3) is 0 Å². The van der Waals surface area contributed by atoms with Crippen LogP contribution in [0, 0.1) is 12.3 Å². The molecule has 1 amide bonds. The van der Waals surface area contributed by atoms with Crippen LogP contribution >= 0.6 is 18.8 Å². The van der Waals surface area contributed by atoms with Crippen molar-refractivity contribution in [3.63, 3.8) is 0 Å². The number of aliphatic hydroxyl groups excluding tert-OH is 1. The number of hydrogen-bond donors (Lipinski definition) is 3. The molecule has 0 heterocycles. The quantitative estimate of drug-likeness (QED) is 0.193. The van der Waals surface area contributed by atoms with E-state index in [1.807, 2.05) is 58.7 Å². The zero-order valence-corrected chi connectivity index (χ0v) is 21.8. The maximum Gasteiger partial charge on any atom is 0.211 e. The summed E-state index contributed by atoms with van der Waals surface area (Å²) in [6.07, 6.45) is 0.852. The Morgan fingerprint density at radius 3 is 2.26 bits per heavy atom. The molecule has 34 heavy (non-hydrogen) atoms. The van der Waals surface area contributed by atoms with Gasteiger partial charge in [0.1, 0.15) is 0 Å². The Hall–Kier alpha value is -2.62. The van der Waals surface area contributed by atoms with E-state index in [9.17, 15) is 9.90 Å². The molecule has 3 aromatic carbocycles. The second kappa shape index (κ2) is 12.2. The highest BCUT2D eigenvalue weighted by atomic mass is 31.0. The number of hydrogen-bond acceptors (Lipinski definition) is 5. The minimum atomic E-state index is -0.652. The predicted molar refractivity (Wildman–Crippen MR) is 148 cm³/mol. The van der Waals surface area contributed by atoms with Crippen molar-refractivity contribution in [3.05, 3.63) is 89.0 Å². The Morgan fingerprint density at radius 2 is 1.68 bits per heavy atom. The summed E-state index contributed by atoms with van der Waals surface area (Å²) < 4.78 is 4.07. The van der Waals surface area contributed by atoms with Gasteiger partial charge in [0.25, 0.3) is 0 Å². The summed E-state index contributed by atoms with van der Waals surface area (Å²) in [6.45, 7) is 4.95. The smallest absolute Gasteiger partial charge is 0.211 e. The number of nitrogens with one attached hydrogen (secondary N) is 2. The first kappa shape index (κ1) is 26.0. The third-order valence-corrected chi connectivity index (χ3v) is 6.81. The van der Waals surface area contributed by atoms with Gasteiger partial charge in [-0.25, -0.2) is 0 Å². The number of carbonyl (C=O) groups is 1. The van der Waals surface area contributed by atoms with Crippen molar-refractivity contribution < 1.29 is 9.90 Å². The summed E-state index contributed by atoms with van der Waals surface area (Å²) >= 11 is 0. The van der Waals surface area contributed by atoms with Crippen LogP contribution in [0.15, 0.2) is 66.7 Å². The van der Waals surface area contributed by atoms with Crippen LogP contribution in [0.4, 0.5) is 17.1 Å². The van der Waals surface area contributed by atoms with E-state index < -0.39 is 6.10 Å². The molecular weight excluding hydrogens is 462 g/mol. The first-order chi connectivity index (χ1) is 16.3. The van der Waals surface area contributed by atoms with Crippen molar-refractivity contribution in [1.29, 1.82) is 5.41 Å². The Labute approximate surface area is 206 Å². The number of nitrogens with zero attached hydrogens (tertiary/aromatic N) is 2. The molecule has 0 aliphatic carbocycles. The summed E-state index contributed by atoms with van der Waals surface area (Å²) in [7, 11) is 5.44. The first-order valence-electron chi connectivity index (χ1n) is 11.1. The van der Waals surface area contributed by atoms with Gasteiger partial charge in [-0.3, -0.25) is 9.46 Å². The van der Waals surface area contributed by atoms with E-state index in [1.54, 1.807) is 6.92 Å². The Kier molecular flexibility index (Phi) is 9.32. The van der Waals surface area contributed by atoms with E-state index in [0.717, 1.165) is 41.0 Å². The van der Waals surface area contributed by atoms with Gasteiger partial charge in [0.15, 0.2) is 0 Å². The molecule has 0 aliphatic rings. The first-order valence-corrected chi connectivity index (χ1v) is 12.1. The van der Waals surface area contributed by atoms with E-state index in [-0.39, 0.29) is 0 Å². The van der Waals surface area contributed by atoms with Crippen molar-refractivity contribution in [1.82, 2.24) is 4.67 Å². The Morgan fingerprint density at radius 1 is 1.06 bits per heavy atom. The lowest BCUT2D eigenvalue weighted by molar-refractivity contribution is -0.105. The molecule has 0 fully saturated rings. The molecule has 3 rings (SSSR count). The number of aliphatic hydroxyl groups is 1. The lowest BCUT2D eigenvalue weighted by atomic mass is 10.1. The molecule has 6 nitrogen and oxygen atoms in total. The fraction of sp³-hybridized carbons (Fsp3) is 0.231. The summed E-state index contributed by atoms with van der Waals surface area (Å²) in [6, 6.07) is 22.0. The fourth-order valence-electron chi connectivity index (χ4n) is 3.60. The van der Waals surface area contributed by atoms with E-state index in [2.05, 4.69) is 48.4 Å². The minimum Gasteiger partial charge on any atom is -0.387 e. The molecule has 0 saturated carbocycles. The van der Waals surface area contributed by atoms with Gasteiger partial charge in [-0.1, -0.05) is 45.8 Å². The van der Waals surface area contributed by atoms with Gasteiger partial charge in [-0.05, 0) is 82.2 Å². The second-order valence-corrected chi connectivity index (χ2v) is 9.55. The number of anilines is 3. The molecule has 0 aliphatic heterocycles. The molecule has 0 saturated heterocycles. The van der Waals surface area contributed by atoms with Crippen molar-refractivity contribution in [2.75, 3.05) is 23.1 Å². The van der Waals surface area contributed by atoms with Gasteiger partial charge >= 0.3 is 0 Å². The molecule has 0 bridgehead atoms. The molecule has 178 valence electrons. The lowest BCUT2D eigenvalue weighted by Crippen LogP contribution is -2.22. The average molecular weight is 495 g/mol. The summed E-state index contributed by atoms with van der Waals surface area (Å²) in [5.41, 5.74) is 7.23. The highest BCUT2D eigenvalue weighted by Crippen LogP contribution is 2.30. The van der Waals surface area contributed by atoms with Gasteiger partial charge in [0, 0.05) is 35.9 Å². The molecule has 8 heteroatoms. The van der Waals surface area contributed by atoms with Crippen LogP contribution in [-0.2, 0) is 11.2 Å². The number of amides is 1. The van der Waals surface area contributed by atoms with Crippen LogP contribution in [0.3, 0.4) is 0 Å². The summed E-state index contributed by atoms with van der Waals surface area (Å²) in [4.78, 5) is 10.8. The van der Waals surface area contributed by atoms with E-state index in [4.69, 9.17) is 5.41 Å². The second-order valence-electron chi connectivity index (χ2n) is 8.31. The number of rotatable bonds is 11. The zero-order chi connectivity index (χ0) is 24.7. The largest absolute Gasteiger partial charge is 0.387 e. The average Bonchev–Trinajstić information content (AvgIpc) is 2.84. The van der Waals surface area contributed by atoms with Gasteiger partial charge in [0.2, 0.25) is 6.41 Å². The van der Waals surface area contributed by atoms with Crippen LogP contribution in [-0.4, -0.2) is 35.0 Å². The Bertz CT molecular complexity index is 1120. The van der Waals surface area contributed by atoms with Crippen molar-refractivity contribution in [2.24, 2.45) is 0 Å². The molecule has 0 spiro atoms. The molecule has 0 aromatic heterocycles. The topological polar surface area (TPSA) is 79.7 Å². The minimum absolute atomic E-state index is 0.469. The normalized spacial score (nSPS) is 11.8. The standard InChI is InChI=1S/C26H32N4O2P2/c1-18-3-6-22(15-25(18)28-17-31)26(32)16-29(33)14-13-20-4-9-23(10-5-20)30(34)24-11-7-21(8-12-24)19(2)27/h3-12,15,17,26-27,32H,13-14,16,33-34H2,1-2H3,(H,28,31)/t26-/m0/s1. The molecule has 3 N–H and O–H groups in total. The van der Waals surface area contributed by atoms with Gasteiger partial charge in [-0.15, -0.1) is 0 Å². The van der Waals surface area contributed by atoms with Crippen molar-refractivity contribution in [3.8, 4) is 0 Å². The maximum absolute atomic E-state index is 10.8. The predicted octanol–water partition coefficient (Wildman–Crippen LogP) is 5.25.